The van der Waals surface area contributed by atoms with Gasteiger partial charge in [0.1, 0.15) is 11.3 Å². The largest absolute Gasteiger partial charge is 0.496 e. The van der Waals surface area contributed by atoms with Gasteiger partial charge in [-0.1, -0.05) is 31.9 Å². The number of carbonyl (C=O) groups is 2. The van der Waals surface area contributed by atoms with E-state index < -0.39 is 17.4 Å². The number of nitrogens with one attached hydrogen (secondary N) is 1. The van der Waals surface area contributed by atoms with Crippen LogP contribution in [0.1, 0.15) is 56.6 Å². The lowest BCUT2D eigenvalue weighted by molar-refractivity contribution is -0.150. The minimum atomic E-state index is -1.15. The molecule has 1 saturated carbocycles. The number of aliphatic carboxylic acids is 1. The molecular weight excluding hydrogens is 306 g/mol. The number of ether oxygens (including phenoxy) is 1. The lowest BCUT2D eigenvalue weighted by atomic mass is 9.76. The third-order valence-electron chi connectivity index (χ3n) is 5.02. The van der Waals surface area contributed by atoms with Crippen molar-refractivity contribution in [2.45, 2.75) is 57.9 Å². The zero-order chi connectivity index (χ0) is 17.9. The number of amides is 1. The normalized spacial score (nSPS) is 24.9. The molecule has 0 bridgehead atoms. The molecule has 1 aliphatic carbocycles. The third kappa shape index (κ3) is 3.71. The fraction of sp³-hybridized carbons (Fsp3) is 0.579. The van der Waals surface area contributed by atoms with Crippen LogP contribution in [-0.4, -0.2) is 29.6 Å². The zero-order valence-electron chi connectivity index (χ0n) is 14.9. The Morgan fingerprint density at radius 2 is 2.12 bits per heavy atom. The van der Waals surface area contributed by atoms with Crippen molar-refractivity contribution in [3.63, 3.8) is 0 Å². The first-order chi connectivity index (χ1) is 11.3. The molecule has 3 unspecified atom stereocenters. The van der Waals surface area contributed by atoms with E-state index in [0.29, 0.717) is 24.5 Å². The Morgan fingerprint density at radius 3 is 2.71 bits per heavy atom. The molecule has 24 heavy (non-hydrogen) atoms. The number of hydrogen-bond donors (Lipinski definition) is 2. The van der Waals surface area contributed by atoms with Gasteiger partial charge < -0.3 is 15.2 Å². The Hall–Kier alpha value is -2.04. The molecule has 0 saturated heterocycles. The number of carboxylic acids is 1. The summed E-state index contributed by atoms with van der Waals surface area (Å²) >= 11 is 0. The van der Waals surface area contributed by atoms with Crippen molar-refractivity contribution < 1.29 is 19.4 Å². The summed E-state index contributed by atoms with van der Waals surface area (Å²) in [5.41, 5.74) is 0.664. The van der Waals surface area contributed by atoms with Gasteiger partial charge in [0, 0.05) is 5.56 Å². The van der Waals surface area contributed by atoms with Crippen molar-refractivity contribution in [2.24, 2.45) is 5.92 Å². The lowest BCUT2D eigenvalue weighted by Gasteiger charge is -2.37. The van der Waals surface area contributed by atoms with Crippen LogP contribution in [-0.2, 0) is 9.59 Å². The molecule has 0 aromatic heterocycles. The monoisotopic (exact) mass is 333 g/mol. The SMILES string of the molecule is COc1cc(C)ccc1C(C)C(=O)NC1(C(=O)O)CCCC(C)C1. The van der Waals surface area contributed by atoms with Crippen molar-refractivity contribution in [3.8, 4) is 5.75 Å². The third-order valence-corrected chi connectivity index (χ3v) is 5.02. The number of methoxy groups -OCH3 is 1. The van der Waals surface area contributed by atoms with E-state index in [9.17, 15) is 14.7 Å². The van der Waals surface area contributed by atoms with E-state index in [4.69, 9.17) is 4.74 Å². The van der Waals surface area contributed by atoms with E-state index in [1.165, 1.54) is 0 Å². The number of rotatable bonds is 5. The minimum Gasteiger partial charge on any atom is -0.496 e. The summed E-state index contributed by atoms with van der Waals surface area (Å²) < 4.78 is 5.38. The number of benzene rings is 1. The quantitative estimate of drug-likeness (QED) is 0.867. The van der Waals surface area contributed by atoms with Crippen LogP contribution in [0.2, 0.25) is 0 Å². The van der Waals surface area contributed by atoms with Crippen molar-refractivity contribution in [3.05, 3.63) is 29.3 Å². The molecule has 0 radical (unpaired) electrons. The molecule has 5 heteroatoms. The maximum absolute atomic E-state index is 12.8. The summed E-state index contributed by atoms with van der Waals surface area (Å²) in [5.74, 6) is -0.744. The molecule has 1 aliphatic rings. The fourth-order valence-corrected chi connectivity index (χ4v) is 3.57. The van der Waals surface area contributed by atoms with Crippen LogP contribution in [0.5, 0.6) is 5.75 Å². The Kier molecular flexibility index (Phi) is 5.52. The van der Waals surface area contributed by atoms with Gasteiger partial charge in [-0.2, -0.15) is 0 Å². The number of hydrogen-bond acceptors (Lipinski definition) is 3. The Labute approximate surface area is 143 Å². The lowest BCUT2D eigenvalue weighted by Crippen LogP contribution is -2.57. The molecule has 0 spiro atoms. The second-order valence-corrected chi connectivity index (χ2v) is 7.05. The minimum absolute atomic E-state index is 0.270. The molecule has 0 heterocycles. The van der Waals surface area contributed by atoms with Crippen LogP contribution in [0.3, 0.4) is 0 Å². The molecule has 1 amide bonds. The van der Waals surface area contributed by atoms with E-state index in [2.05, 4.69) is 5.32 Å². The number of aryl methyl sites for hydroxylation is 1. The second kappa shape index (κ2) is 7.24. The Morgan fingerprint density at radius 1 is 1.42 bits per heavy atom. The molecule has 1 fully saturated rings. The van der Waals surface area contributed by atoms with Gasteiger partial charge in [-0.05, 0) is 44.2 Å². The van der Waals surface area contributed by atoms with Gasteiger partial charge in [-0.3, -0.25) is 4.79 Å². The number of carboxylic acid groups (broad SMARTS) is 1. The smallest absolute Gasteiger partial charge is 0.329 e. The highest BCUT2D eigenvalue weighted by Crippen LogP contribution is 2.34. The molecule has 1 aromatic rings. The van der Waals surface area contributed by atoms with Gasteiger partial charge in [-0.15, -0.1) is 0 Å². The highest BCUT2D eigenvalue weighted by atomic mass is 16.5. The van der Waals surface area contributed by atoms with E-state index in [0.717, 1.165) is 24.0 Å². The summed E-state index contributed by atoms with van der Waals surface area (Å²) in [4.78, 5) is 24.6. The predicted molar refractivity (Wildman–Crippen MR) is 92.3 cm³/mol. The van der Waals surface area contributed by atoms with Crippen LogP contribution in [0.25, 0.3) is 0 Å². The van der Waals surface area contributed by atoms with Gasteiger partial charge in [0.15, 0.2) is 0 Å². The molecule has 2 N–H and O–H groups in total. The van der Waals surface area contributed by atoms with Crippen LogP contribution >= 0.6 is 0 Å². The molecule has 3 atom stereocenters. The first-order valence-corrected chi connectivity index (χ1v) is 8.49. The van der Waals surface area contributed by atoms with Gasteiger partial charge in [0.2, 0.25) is 5.91 Å². The molecule has 132 valence electrons. The Bertz CT molecular complexity index is 628. The number of carbonyl (C=O) groups excluding carboxylic acids is 1. The predicted octanol–water partition coefficient (Wildman–Crippen LogP) is 3.26. The van der Waals surface area contributed by atoms with E-state index in [1.54, 1.807) is 14.0 Å². The second-order valence-electron chi connectivity index (χ2n) is 7.05. The molecule has 2 rings (SSSR count). The van der Waals surface area contributed by atoms with Crippen molar-refractivity contribution in [1.82, 2.24) is 5.32 Å². The molecular formula is C19H27NO4. The topological polar surface area (TPSA) is 75.6 Å². The summed E-state index contributed by atoms with van der Waals surface area (Å²) in [6.07, 6.45) is 2.78. The maximum Gasteiger partial charge on any atom is 0.329 e. The first kappa shape index (κ1) is 18.3. The highest BCUT2D eigenvalue weighted by molar-refractivity contribution is 5.90. The highest BCUT2D eigenvalue weighted by Gasteiger charge is 2.44. The van der Waals surface area contributed by atoms with Crippen molar-refractivity contribution in [1.29, 1.82) is 0 Å². The summed E-state index contributed by atoms with van der Waals surface area (Å²) in [7, 11) is 1.57. The standard InChI is InChI=1S/C19H27NO4/c1-12-7-8-15(16(10-12)24-4)14(3)17(21)20-19(18(22)23)9-5-6-13(2)11-19/h7-8,10,13-14H,5-6,9,11H2,1-4H3,(H,20,21)(H,22,23). The van der Waals surface area contributed by atoms with E-state index in [-0.39, 0.29) is 5.91 Å². The first-order valence-electron chi connectivity index (χ1n) is 8.49. The van der Waals surface area contributed by atoms with Crippen molar-refractivity contribution in [2.75, 3.05) is 7.11 Å². The average molecular weight is 333 g/mol. The van der Waals surface area contributed by atoms with Gasteiger partial charge in [0.25, 0.3) is 0 Å². The van der Waals surface area contributed by atoms with Crippen LogP contribution in [0.15, 0.2) is 18.2 Å². The van der Waals surface area contributed by atoms with Crippen LogP contribution in [0.4, 0.5) is 0 Å². The molecule has 5 nitrogen and oxygen atoms in total. The Balaban J connectivity index is 2.22. The van der Waals surface area contributed by atoms with E-state index in [1.807, 2.05) is 32.0 Å². The molecule has 0 aliphatic heterocycles. The zero-order valence-corrected chi connectivity index (χ0v) is 14.9. The summed E-state index contributed by atoms with van der Waals surface area (Å²) in [6, 6.07) is 5.68. The van der Waals surface area contributed by atoms with Crippen LogP contribution < -0.4 is 10.1 Å². The fourth-order valence-electron chi connectivity index (χ4n) is 3.57. The van der Waals surface area contributed by atoms with Gasteiger partial charge in [-0.25, -0.2) is 4.79 Å². The van der Waals surface area contributed by atoms with Crippen LogP contribution in [0, 0.1) is 12.8 Å². The average Bonchev–Trinajstić information content (AvgIpc) is 2.53. The van der Waals surface area contributed by atoms with Gasteiger partial charge >= 0.3 is 5.97 Å². The maximum atomic E-state index is 12.8. The van der Waals surface area contributed by atoms with E-state index >= 15 is 0 Å². The summed E-state index contributed by atoms with van der Waals surface area (Å²) in [5, 5.41) is 12.5. The van der Waals surface area contributed by atoms with Gasteiger partial charge in [0.05, 0.1) is 13.0 Å². The summed E-state index contributed by atoms with van der Waals surface area (Å²) in [6.45, 7) is 5.78. The molecule has 1 aromatic carbocycles. The van der Waals surface area contributed by atoms with Crippen molar-refractivity contribution >= 4 is 11.9 Å².